The van der Waals surface area contributed by atoms with Crippen LogP contribution in [0.1, 0.15) is 5.56 Å². The van der Waals surface area contributed by atoms with Crippen molar-refractivity contribution in [2.75, 3.05) is 14.2 Å². The third-order valence-corrected chi connectivity index (χ3v) is 1.52. The van der Waals surface area contributed by atoms with E-state index < -0.39 is 0 Å². The van der Waals surface area contributed by atoms with E-state index >= 15 is 0 Å². The van der Waals surface area contributed by atoms with E-state index in [9.17, 15) is 0 Å². The minimum absolute atomic E-state index is 0.753. The van der Waals surface area contributed by atoms with Crippen molar-refractivity contribution in [1.29, 1.82) is 0 Å². The fraction of sp³-hybridized carbons (Fsp3) is 0.333. The molecule has 2 nitrogen and oxygen atoms in total. The first-order valence-electron chi connectivity index (χ1n) is 3.39. The lowest BCUT2D eigenvalue weighted by Crippen LogP contribution is -1.92. The molecule has 1 rings (SSSR count). The number of hydrogen-bond acceptors (Lipinski definition) is 2. The molecule has 0 unspecified atom stereocenters. The lowest BCUT2D eigenvalue weighted by atomic mass is 10.2. The summed E-state index contributed by atoms with van der Waals surface area (Å²) in [5.41, 5.74) is 0.965. The summed E-state index contributed by atoms with van der Waals surface area (Å²) in [4.78, 5) is 0. The van der Waals surface area contributed by atoms with Gasteiger partial charge in [-0.05, 0) is 19.1 Å². The molecule has 0 aliphatic carbocycles. The summed E-state index contributed by atoms with van der Waals surface area (Å²) in [6.07, 6.45) is 0. The largest absolute Gasteiger partial charge is 0.493 e. The van der Waals surface area contributed by atoms with Crippen LogP contribution in [0.5, 0.6) is 11.5 Å². The highest BCUT2D eigenvalue weighted by Crippen LogP contribution is 2.29. The van der Waals surface area contributed by atoms with E-state index in [0.29, 0.717) is 0 Å². The third kappa shape index (κ3) is 1.45. The summed E-state index contributed by atoms with van der Waals surface area (Å²) < 4.78 is 10.2. The van der Waals surface area contributed by atoms with Crippen molar-refractivity contribution in [3.8, 4) is 11.5 Å². The van der Waals surface area contributed by atoms with E-state index in [0.717, 1.165) is 17.1 Å². The number of ether oxygens (including phenoxy) is 2. The zero-order chi connectivity index (χ0) is 8.27. The molecule has 2 heteroatoms. The van der Waals surface area contributed by atoms with Crippen molar-refractivity contribution >= 4 is 0 Å². The predicted molar refractivity (Wildman–Crippen MR) is 43.1 cm³/mol. The van der Waals surface area contributed by atoms with Gasteiger partial charge in [0.15, 0.2) is 11.5 Å². The third-order valence-electron chi connectivity index (χ3n) is 1.52. The van der Waals surface area contributed by atoms with E-state index in [1.54, 1.807) is 14.2 Å². The number of methoxy groups -OCH3 is 2. The zero-order valence-electron chi connectivity index (χ0n) is 6.97. The maximum absolute atomic E-state index is 5.11. The Labute approximate surface area is 66.8 Å². The Morgan fingerprint density at radius 3 is 2.45 bits per heavy atom. The topological polar surface area (TPSA) is 18.5 Å². The lowest BCUT2D eigenvalue weighted by molar-refractivity contribution is 0.353. The molecule has 1 aromatic rings. The van der Waals surface area contributed by atoms with Crippen LogP contribution in [0.3, 0.4) is 0 Å². The van der Waals surface area contributed by atoms with Crippen LogP contribution in [0.4, 0.5) is 0 Å². The molecule has 59 valence electrons. The van der Waals surface area contributed by atoms with Gasteiger partial charge in [-0.15, -0.1) is 0 Å². The van der Waals surface area contributed by atoms with Crippen LogP contribution in [0.25, 0.3) is 0 Å². The zero-order valence-corrected chi connectivity index (χ0v) is 6.97. The Bertz CT molecular complexity index is 243. The number of aryl methyl sites for hydroxylation is 1. The van der Waals surface area contributed by atoms with Crippen LogP contribution < -0.4 is 9.47 Å². The Morgan fingerprint density at radius 2 is 2.00 bits per heavy atom. The van der Waals surface area contributed by atoms with Crippen LogP contribution in [0.15, 0.2) is 12.1 Å². The fourth-order valence-corrected chi connectivity index (χ4v) is 0.983. The van der Waals surface area contributed by atoms with Crippen LogP contribution in [0, 0.1) is 13.0 Å². The fourth-order valence-electron chi connectivity index (χ4n) is 0.983. The smallest absolute Gasteiger partial charge is 0.164 e. The Balaban J connectivity index is 3.13. The van der Waals surface area contributed by atoms with Crippen molar-refractivity contribution in [3.05, 3.63) is 23.8 Å². The maximum Gasteiger partial charge on any atom is 0.164 e. The van der Waals surface area contributed by atoms with Gasteiger partial charge in [-0.1, -0.05) is 6.07 Å². The molecule has 0 atom stereocenters. The molecule has 0 amide bonds. The van der Waals surface area contributed by atoms with Gasteiger partial charge in [0, 0.05) is 5.56 Å². The Kier molecular flexibility index (Phi) is 2.36. The molecule has 0 spiro atoms. The van der Waals surface area contributed by atoms with E-state index in [-0.39, 0.29) is 0 Å². The molecule has 0 bridgehead atoms. The maximum atomic E-state index is 5.11. The van der Waals surface area contributed by atoms with Crippen molar-refractivity contribution in [1.82, 2.24) is 0 Å². The summed E-state index contributed by atoms with van der Waals surface area (Å²) in [5.74, 6) is 1.51. The molecule has 1 radical (unpaired) electrons. The van der Waals surface area contributed by atoms with Gasteiger partial charge in [0.1, 0.15) is 0 Å². The molecule has 0 saturated carbocycles. The highest BCUT2D eigenvalue weighted by atomic mass is 16.5. The molecular formula is C9H11O2. The van der Waals surface area contributed by atoms with Crippen molar-refractivity contribution < 1.29 is 9.47 Å². The highest BCUT2D eigenvalue weighted by molar-refractivity contribution is 5.44. The molecule has 0 fully saturated rings. The van der Waals surface area contributed by atoms with Gasteiger partial charge >= 0.3 is 0 Å². The lowest BCUT2D eigenvalue weighted by Gasteiger charge is -2.08. The quantitative estimate of drug-likeness (QED) is 0.641. The first-order valence-corrected chi connectivity index (χ1v) is 3.39. The second-order valence-electron chi connectivity index (χ2n) is 2.20. The molecule has 0 N–H and O–H groups in total. The van der Waals surface area contributed by atoms with Gasteiger partial charge in [-0.25, -0.2) is 0 Å². The van der Waals surface area contributed by atoms with E-state index in [1.807, 2.05) is 19.1 Å². The number of benzene rings is 1. The van der Waals surface area contributed by atoms with E-state index in [4.69, 9.17) is 9.47 Å². The average molecular weight is 151 g/mol. The van der Waals surface area contributed by atoms with Crippen molar-refractivity contribution in [2.45, 2.75) is 6.92 Å². The molecule has 0 saturated heterocycles. The average Bonchev–Trinajstić information content (AvgIpc) is 2.04. The van der Waals surface area contributed by atoms with Crippen LogP contribution in [-0.2, 0) is 0 Å². The van der Waals surface area contributed by atoms with Gasteiger partial charge in [0.05, 0.1) is 14.2 Å². The van der Waals surface area contributed by atoms with Gasteiger partial charge in [0.25, 0.3) is 0 Å². The molecule has 0 aliphatic heterocycles. The monoisotopic (exact) mass is 151 g/mol. The normalized spacial score (nSPS) is 9.36. The summed E-state index contributed by atoms with van der Waals surface area (Å²) >= 11 is 0. The number of rotatable bonds is 2. The first kappa shape index (κ1) is 7.92. The Morgan fingerprint density at radius 1 is 1.27 bits per heavy atom. The summed E-state index contributed by atoms with van der Waals surface area (Å²) in [6.45, 7) is 1.93. The van der Waals surface area contributed by atoms with Gasteiger partial charge < -0.3 is 9.47 Å². The predicted octanol–water partition coefficient (Wildman–Crippen LogP) is 1.81. The van der Waals surface area contributed by atoms with Crippen molar-refractivity contribution in [2.24, 2.45) is 0 Å². The summed E-state index contributed by atoms with van der Waals surface area (Å²) in [7, 11) is 3.25. The van der Waals surface area contributed by atoms with Gasteiger partial charge in [0.2, 0.25) is 0 Å². The van der Waals surface area contributed by atoms with Crippen molar-refractivity contribution in [3.63, 3.8) is 0 Å². The minimum atomic E-state index is 0.753. The molecule has 0 aromatic heterocycles. The second kappa shape index (κ2) is 3.28. The minimum Gasteiger partial charge on any atom is -0.493 e. The van der Waals surface area contributed by atoms with Crippen LogP contribution in [0.2, 0.25) is 0 Å². The van der Waals surface area contributed by atoms with Gasteiger partial charge in [-0.2, -0.15) is 0 Å². The highest BCUT2D eigenvalue weighted by Gasteiger charge is 2.04. The SMILES string of the molecule is COc1cc[c]c(C)c1OC. The Hall–Kier alpha value is -1.18. The van der Waals surface area contributed by atoms with Gasteiger partial charge in [-0.3, -0.25) is 0 Å². The molecule has 0 aliphatic rings. The first-order chi connectivity index (χ1) is 5.29. The second-order valence-corrected chi connectivity index (χ2v) is 2.20. The molecule has 1 aromatic carbocycles. The van der Waals surface area contributed by atoms with Crippen LogP contribution >= 0.6 is 0 Å². The standard InChI is InChI=1S/C9H11O2/c1-7-5-4-6-8(10-2)9(7)11-3/h4,6H,1-3H3. The molecule has 0 heterocycles. The number of hydrogen-bond donors (Lipinski definition) is 0. The van der Waals surface area contributed by atoms with E-state index in [1.165, 1.54) is 0 Å². The van der Waals surface area contributed by atoms with Crippen LogP contribution in [-0.4, -0.2) is 14.2 Å². The van der Waals surface area contributed by atoms with E-state index in [2.05, 4.69) is 6.07 Å². The summed E-state index contributed by atoms with van der Waals surface area (Å²) in [6, 6.07) is 6.66. The molecular weight excluding hydrogens is 140 g/mol. The summed E-state index contributed by atoms with van der Waals surface area (Å²) in [5, 5.41) is 0. The molecule has 11 heavy (non-hydrogen) atoms.